The maximum atomic E-state index is 13.1. The number of benzene rings is 1. The normalized spacial score (nSPS) is 14.8. The summed E-state index contributed by atoms with van der Waals surface area (Å²) in [7, 11) is 0. The summed E-state index contributed by atoms with van der Waals surface area (Å²) >= 11 is 6.34. The van der Waals surface area contributed by atoms with Gasteiger partial charge in [-0.05, 0) is 43.5 Å². The molecule has 132 valence electrons. The number of carbonyl (C=O) groups excluding carboxylic acids is 1. The Morgan fingerprint density at radius 3 is 2.77 bits per heavy atom. The van der Waals surface area contributed by atoms with Crippen molar-refractivity contribution in [3.8, 4) is 11.3 Å². The van der Waals surface area contributed by atoms with Crippen LogP contribution in [-0.2, 0) is 0 Å². The third-order valence-electron chi connectivity index (χ3n) is 4.62. The highest BCUT2D eigenvalue weighted by molar-refractivity contribution is 6.31. The lowest BCUT2D eigenvalue weighted by molar-refractivity contribution is 0.0663. The molecule has 26 heavy (non-hydrogen) atoms. The van der Waals surface area contributed by atoms with Crippen LogP contribution in [0.1, 0.15) is 41.9 Å². The number of aromatic nitrogens is 2. The SMILES string of the molecule is C[C@@H](c1ccccc1Cl)N(C(=O)c1cc(-c2cccnc2)on1)C1CC1. The van der Waals surface area contributed by atoms with E-state index in [1.54, 1.807) is 18.5 Å². The fourth-order valence-corrected chi connectivity index (χ4v) is 3.42. The fraction of sp³-hybridized carbons (Fsp3) is 0.250. The van der Waals surface area contributed by atoms with Crippen molar-refractivity contribution in [3.63, 3.8) is 0 Å². The topological polar surface area (TPSA) is 59.2 Å². The van der Waals surface area contributed by atoms with E-state index in [0.717, 1.165) is 24.0 Å². The van der Waals surface area contributed by atoms with Crippen molar-refractivity contribution in [1.82, 2.24) is 15.0 Å². The summed E-state index contributed by atoms with van der Waals surface area (Å²) < 4.78 is 5.37. The predicted molar refractivity (Wildman–Crippen MR) is 98.8 cm³/mol. The Morgan fingerprint density at radius 1 is 1.27 bits per heavy atom. The Labute approximate surface area is 156 Å². The minimum absolute atomic E-state index is 0.137. The van der Waals surface area contributed by atoms with Crippen LogP contribution in [0, 0.1) is 0 Å². The number of hydrogen-bond acceptors (Lipinski definition) is 4. The number of nitrogens with zero attached hydrogens (tertiary/aromatic N) is 3. The fourth-order valence-electron chi connectivity index (χ4n) is 3.13. The molecule has 2 heterocycles. The highest BCUT2D eigenvalue weighted by atomic mass is 35.5. The summed E-state index contributed by atoms with van der Waals surface area (Å²) in [6.07, 6.45) is 5.35. The number of hydrogen-bond donors (Lipinski definition) is 0. The van der Waals surface area contributed by atoms with E-state index < -0.39 is 0 Å². The molecule has 4 rings (SSSR count). The summed E-state index contributed by atoms with van der Waals surface area (Å²) in [6, 6.07) is 13.1. The van der Waals surface area contributed by atoms with Crippen LogP contribution in [0.5, 0.6) is 0 Å². The third kappa shape index (κ3) is 3.22. The number of halogens is 1. The van der Waals surface area contributed by atoms with E-state index in [1.165, 1.54) is 0 Å². The molecule has 0 unspecified atom stereocenters. The summed E-state index contributed by atoms with van der Waals surface area (Å²) in [5.41, 5.74) is 2.02. The average molecular weight is 368 g/mol. The van der Waals surface area contributed by atoms with E-state index in [2.05, 4.69) is 10.1 Å². The van der Waals surface area contributed by atoms with Gasteiger partial charge in [-0.2, -0.15) is 0 Å². The van der Waals surface area contributed by atoms with Crippen LogP contribution in [0.3, 0.4) is 0 Å². The van der Waals surface area contributed by atoms with Gasteiger partial charge in [-0.1, -0.05) is 35.0 Å². The van der Waals surface area contributed by atoms with Crippen molar-refractivity contribution in [2.45, 2.75) is 31.8 Å². The zero-order valence-electron chi connectivity index (χ0n) is 14.3. The van der Waals surface area contributed by atoms with Gasteiger partial charge in [0.15, 0.2) is 11.5 Å². The van der Waals surface area contributed by atoms with Gasteiger partial charge in [0.05, 0.1) is 6.04 Å². The molecule has 1 aromatic carbocycles. The summed E-state index contributed by atoms with van der Waals surface area (Å²) in [6.45, 7) is 2.00. The van der Waals surface area contributed by atoms with Crippen LogP contribution >= 0.6 is 11.6 Å². The lowest BCUT2D eigenvalue weighted by atomic mass is 10.1. The van der Waals surface area contributed by atoms with Gasteiger partial charge in [0.1, 0.15) is 0 Å². The smallest absolute Gasteiger partial charge is 0.276 e. The average Bonchev–Trinajstić information content (AvgIpc) is 3.37. The molecular weight excluding hydrogens is 350 g/mol. The molecule has 0 radical (unpaired) electrons. The van der Waals surface area contributed by atoms with Gasteiger partial charge >= 0.3 is 0 Å². The molecule has 6 heteroatoms. The van der Waals surface area contributed by atoms with Gasteiger partial charge in [-0.15, -0.1) is 0 Å². The summed E-state index contributed by atoms with van der Waals surface area (Å²) in [4.78, 5) is 19.1. The van der Waals surface area contributed by atoms with Crippen molar-refractivity contribution < 1.29 is 9.32 Å². The van der Waals surface area contributed by atoms with E-state index in [4.69, 9.17) is 16.1 Å². The van der Waals surface area contributed by atoms with Crippen molar-refractivity contribution in [1.29, 1.82) is 0 Å². The van der Waals surface area contributed by atoms with Crippen molar-refractivity contribution in [3.05, 3.63) is 71.1 Å². The van der Waals surface area contributed by atoms with Gasteiger partial charge in [0.2, 0.25) is 0 Å². The Balaban J connectivity index is 1.63. The van der Waals surface area contributed by atoms with Crippen LogP contribution in [0.2, 0.25) is 5.02 Å². The number of pyridine rings is 1. The van der Waals surface area contributed by atoms with Crippen molar-refractivity contribution in [2.75, 3.05) is 0 Å². The molecule has 2 aromatic heterocycles. The largest absolute Gasteiger partial charge is 0.355 e. The number of amides is 1. The minimum atomic E-state index is -0.140. The second kappa shape index (κ2) is 6.92. The van der Waals surface area contributed by atoms with Gasteiger partial charge in [-0.25, -0.2) is 0 Å². The second-order valence-corrected chi connectivity index (χ2v) is 6.87. The molecule has 0 N–H and O–H groups in total. The highest BCUT2D eigenvalue weighted by Crippen LogP contribution is 2.37. The van der Waals surface area contributed by atoms with Gasteiger partial charge in [0, 0.05) is 35.1 Å². The maximum Gasteiger partial charge on any atom is 0.276 e. The molecule has 1 amide bonds. The molecule has 1 fully saturated rings. The number of rotatable bonds is 5. The zero-order chi connectivity index (χ0) is 18.1. The van der Waals surface area contributed by atoms with E-state index in [0.29, 0.717) is 16.5 Å². The monoisotopic (exact) mass is 367 g/mol. The molecule has 5 nitrogen and oxygen atoms in total. The van der Waals surface area contributed by atoms with Crippen LogP contribution < -0.4 is 0 Å². The van der Waals surface area contributed by atoms with Crippen LogP contribution in [-0.4, -0.2) is 27.0 Å². The van der Waals surface area contributed by atoms with Crippen molar-refractivity contribution >= 4 is 17.5 Å². The Kier molecular flexibility index (Phi) is 4.47. The minimum Gasteiger partial charge on any atom is -0.355 e. The maximum absolute atomic E-state index is 13.1. The van der Waals surface area contributed by atoms with Gasteiger partial charge < -0.3 is 9.42 Å². The molecule has 0 aliphatic heterocycles. The van der Waals surface area contributed by atoms with Crippen molar-refractivity contribution in [2.24, 2.45) is 0 Å². The molecule has 1 aliphatic carbocycles. The first-order valence-corrected chi connectivity index (χ1v) is 8.97. The number of carbonyl (C=O) groups is 1. The first-order valence-electron chi connectivity index (χ1n) is 8.59. The molecule has 0 saturated heterocycles. The molecular formula is C20H18ClN3O2. The summed E-state index contributed by atoms with van der Waals surface area (Å²) in [5, 5.41) is 4.66. The lowest BCUT2D eigenvalue weighted by Crippen LogP contribution is -2.35. The quantitative estimate of drug-likeness (QED) is 0.652. The zero-order valence-corrected chi connectivity index (χ0v) is 15.1. The summed E-state index contributed by atoms with van der Waals surface area (Å²) in [5.74, 6) is 0.390. The van der Waals surface area contributed by atoms with E-state index in [-0.39, 0.29) is 18.0 Å². The second-order valence-electron chi connectivity index (χ2n) is 6.46. The van der Waals surface area contributed by atoms with E-state index in [1.807, 2.05) is 48.2 Å². The third-order valence-corrected chi connectivity index (χ3v) is 4.97. The van der Waals surface area contributed by atoms with Gasteiger partial charge in [-0.3, -0.25) is 9.78 Å². The molecule has 3 aromatic rings. The standard InChI is InChI=1S/C20H18ClN3O2/c1-13(16-6-2-3-7-17(16)21)24(15-8-9-15)20(25)18-11-19(26-23-18)14-5-4-10-22-12-14/h2-7,10-13,15H,8-9H2,1H3/t13-/m0/s1. The predicted octanol–water partition coefficient (Wildman–Crippen LogP) is 4.76. The lowest BCUT2D eigenvalue weighted by Gasteiger charge is -2.29. The van der Waals surface area contributed by atoms with E-state index in [9.17, 15) is 4.79 Å². The van der Waals surface area contributed by atoms with Gasteiger partial charge in [0.25, 0.3) is 5.91 Å². The Morgan fingerprint density at radius 2 is 2.08 bits per heavy atom. The Bertz CT molecular complexity index is 922. The van der Waals surface area contributed by atoms with E-state index >= 15 is 0 Å². The molecule has 1 saturated carbocycles. The first kappa shape index (κ1) is 16.8. The van der Waals surface area contributed by atoms with Crippen LogP contribution in [0.15, 0.2) is 59.4 Å². The molecule has 0 bridgehead atoms. The molecule has 0 spiro atoms. The Hall–Kier alpha value is -2.66. The van der Waals surface area contributed by atoms with Crippen LogP contribution in [0.25, 0.3) is 11.3 Å². The highest BCUT2D eigenvalue weighted by Gasteiger charge is 2.38. The van der Waals surface area contributed by atoms with Crippen LogP contribution in [0.4, 0.5) is 0 Å². The molecule has 1 aliphatic rings. The molecule has 1 atom stereocenters. The first-order chi connectivity index (χ1) is 12.6.